The van der Waals surface area contributed by atoms with Crippen LogP contribution in [0.2, 0.25) is 0 Å². The van der Waals surface area contributed by atoms with E-state index in [9.17, 15) is 19.8 Å². The van der Waals surface area contributed by atoms with Crippen LogP contribution in [0, 0.1) is 0 Å². The average Bonchev–Trinajstić information content (AvgIpc) is 3.45. The van der Waals surface area contributed by atoms with Gasteiger partial charge in [-0.1, -0.05) is 386 Å². The smallest absolute Gasteiger partial charge is 0.305 e. The number of ether oxygens (including phenoxy) is 1. The standard InChI is InChI=1S/C73H143NO5/c1-3-5-7-9-11-13-15-16-17-18-19-20-21-24-27-30-33-36-39-42-46-49-53-57-61-65-71(76)70(69-75)74-72(77)66-62-58-54-50-47-43-40-37-34-31-28-25-22-23-26-29-32-35-38-41-44-48-52-56-60-64-68-79-73(78)67-63-59-55-51-45-14-12-10-8-6-4-2/h61,65,70-71,75-76H,3-60,62-64,66-69H2,1-2H3,(H,74,77)/b65-61+. The first kappa shape index (κ1) is 77.6. The summed E-state index contributed by atoms with van der Waals surface area (Å²) >= 11 is 0. The zero-order valence-electron chi connectivity index (χ0n) is 53.9. The molecule has 3 N–H and O–H groups in total. The quantitative estimate of drug-likeness (QED) is 0.0320. The fourth-order valence-corrected chi connectivity index (χ4v) is 11.8. The largest absolute Gasteiger partial charge is 0.466 e. The third kappa shape index (κ3) is 65.6. The molecule has 2 unspecified atom stereocenters. The number of aliphatic hydroxyl groups excluding tert-OH is 2. The summed E-state index contributed by atoms with van der Waals surface area (Å²) < 4.78 is 5.48. The first-order valence-corrected chi connectivity index (χ1v) is 36.5. The van der Waals surface area contributed by atoms with Crippen molar-refractivity contribution in [1.82, 2.24) is 5.32 Å². The lowest BCUT2D eigenvalue weighted by Gasteiger charge is -2.20. The molecule has 6 heteroatoms. The molecule has 0 rings (SSSR count). The summed E-state index contributed by atoms with van der Waals surface area (Å²) in [6.45, 7) is 4.95. The second-order valence-corrected chi connectivity index (χ2v) is 25.3. The Morgan fingerprint density at radius 1 is 0.342 bits per heavy atom. The molecule has 0 aliphatic rings. The molecule has 0 aromatic heterocycles. The van der Waals surface area contributed by atoms with Crippen LogP contribution in [0.4, 0.5) is 0 Å². The predicted molar refractivity (Wildman–Crippen MR) is 347 cm³/mol. The van der Waals surface area contributed by atoms with E-state index in [1.165, 1.54) is 353 Å². The van der Waals surface area contributed by atoms with Gasteiger partial charge in [-0.3, -0.25) is 9.59 Å². The van der Waals surface area contributed by atoms with E-state index in [1.807, 2.05) is 6.08 Å². The van der Waals surface area contributed by atoms with Crippen molar-refractivity contribution in [3.8, 4) is 0 Å². The Labute approximate surface area is 495 Å². The van der Waals surface area contributed by atoms with Crippen LogP contribution in [0.3, 0.4) is 0 Å². The summed E-state index contributed by atoms with van der Waals surface area (Å²) in [6, 6.07) is -0.627. The predicted octanol–water partition coefficient (Wildman–Crippen LogP) is 23.5. The minimum atomic E-state index is -0.844. The van der Waals surface area contributed by atoms with Crippen LogP contribution in [0.5, 0.6) is 0 Å². The molecule has 0 spiro atoms. The number of aliphatic hydroxyl groups is 2. The average molecular weight is 1110 g/mol. The molecule has 470 valence electrons. The van der Waals surface area contributed by atoms with E-state index in [0.29, 0.717) is 19.4 Å². The normalized spacial score (nSPS) is 12.5. The fraction of sp³-hybridized carbons (Fsp3) is 0.945. The third-order valence-corrected chi connectivity index (χ3v) is 17.3. The Bertz CT molecular complexity index is 1190. The molecule has 1 amide bonds. The second-order valence-electron chi connectivity index (χ2n) is 25.3. The molecule has 0 radical (unpaired) electrons. The maximum atomic E-state index is 12.5. The molecule has 2 atom stereocenters. The highest BCUT2D eigenvalue weighted by Crippen LogP contribution is 2.19. The van der Waals surface area contributed by atoms with Crippen LogP contribution in [-0.4, -0.2) is 47.4 Å². The van der Waals surface area contributed by atoms with Crippen LogP contribution in [-0.2, 0) is 14.3 Å². The summed E-state index contributed by atoms with van der Waals surface area (Å²) in [5.74, 6) is -0.0427. The Balaban J connectivity index is 3.38. The van der Waals surface area contributed by atoms with E-state index in [1.54, 1.807) is 6.08 Å². The number of esters is 1. The molecule has 0 aliphatic carbocycles. The van der Waals surface area contributed by atoms with Gasteiger partial charge in [0.15, 0.2) is 0 Å². The van der Waals surface area contributed by atoms with Crippen LogP contribution in [0.25, 0.3) is 0 Å². The molecule has 79 heavy (non-hydrogen) atoms. The molecule has 0 fully saturated rings. The van der Waals surface area contributed by atoms with E-state index < -0.39 is 12.1 Å². The summed E-state index contributed by atoms with van der Waals surface area (Å²) in [5, 5.41) is 23.3. The highest BCUT2D eigenvalue weighted by atomic mass is 16.5. The van der Waals surface area contributed by atoms with E-state index in [2.05, 4.69) is 19.2 Å². The number of amides is 1. The lowest BCUT2D eigenvalue weighted by atomic mass is 10.0. The molecule has 0 bridgehead atoms. The minimum absolute atomic E-state index is 0.0176. The molecule has 0 aliphatic heterocycles. The zero-order chi connectivity index (χ0) is 57.1. The van der Waals surface area contributed by atoms with Gasteiger partial charge in [0.2, 0.25) is 5.91 Å². The van der Waals surface area contributed by atoms with Crippen molar-refractivity contribution in [1.29, 1.82) is 0 Å². The third-order valence-electron chi connectivity index (χ3n) is 17.3. The van der Waals surface area contributed by atoms with Crippen molar-refractivity contribution in [3.63, 3.8) is 0 Å². The summed E-state index contributed by atoms with van der Waals surface area (Å²) in [5.41, 5.74) is 0. The Hall–Kier alpha value is -1.40. The van der Waals surface area contributed by atoms with Gasteiger partial charge >= 0.3 is 5.97 Å². The first-order chi connectivity index (χ1) is 39.0. The number of hydrogen-bond acceptors (Lipinski definition) is 5. The molecule has 0 heterocycles. The van der Waals surface area contributed by atoms with Crippen molar-refractivity contribution in [2.75, 3.05) is 13.2 Å². The molecule has 0 aromatic carbocycles. The summed E-state index contributed by atoms with van der Waals surface area (Å²) in [4.78, 5) is 24.6. The van der Waals surface area contributed by atoms with Crippen molar-refractivity contribution < 1.29 is 24.5 Å². The van der Waals surface area contributed by atoms with Crippen molar-refractivity contribution >= 4 is 11.9 Å². The van der Waals surface area contributed by atoms with Gasteiger partial charge in [-0.05, 0) is 32.1 Å². The molecule has 6 nitrogen and oxygen atoms in total. The molecular weight excluding hydrogens is 971 g/mol. The van der Waals surface area contributed by atoms with Gasteiger partial charge in [0.25, 0.3) is 0 Å². The maximum absolute atomic E-state index is 12.5. The van der Waals surface area contributed by atoms with Gasteiger partial charge < -0.3 is 20.3 Å². The SMILES string of the molecule is CCCCCCCCCCCCCCCCCCCCCCCCC/C=C/C(O)C(CO)NC(=O)CCCCCCCCCCCCCCCCCCCCCCCCCCCCOC(=O)CCCCCCCCCCCCC. The number of allylic oxidation sites excluding steroid dienone is 1. The zero-order valence-corrected chi connectivity index (χ0v) is 53.9. The number of carbonyl (C=O) groups excluding carboxylic acids is 2. The van der Waals surface area contributed by atoms with Gasteiger partial charge in [-0.25, -0.2) is 0 Å². The van der Waals surface area contributed by atoms with Crippen molar-refractivity contribution in [3.05, 3.63) is 12.2 Å². The second kappa shape index (κ2) is 69.1. The fourth-order valence-electron chi connectivity index (χ4n) is 11.8. The number of unbranched alkanes of at least 4 members (excludes halogenated alkanes) is 58. The molecule has 0 saturated carbocycles. The highest BCUT2D eigenvalue weighted by Gasteiger charge is 2.18. The molecule has 0 saturated heterocycles. The number of hydrogen-bond donors (Lipinski definition) is 3. The Kier molecular flexibility index (Phi) is 67.9. The van der Waals surface area contributed by atoms with Crippen LogP contribution < -0.4 is 5.32 Å². The lowest BCUT2D eigenvalue weighted by Crippen LogP contribution is -2.45. The van der Waals surface area contributed by atoms with Crippen molar-refractivity contribution in [2.24, 2.45) is 0 Å². The summed E-state index contributed by atoms with van der Waals surface area (Å²) in [7, 11) is 0. The van der Waals surface area contributed by atoms with Gasteiger partial charge in [-0.2, -0.15) is 0 Å². The summed E-state index contributed by atoms with van der Waals surface area (Å²) in [6.07, 6.45) is 85.9. The van der Waals surface area contributed by atoms with Gasteiger partial charge in [0.1, 0.15) is 0 Å². The Morgan fingerprint density at radius 3 is 0.861 bits per heavy atom. The highest BCUT2D eigenvalue weighted by molar-refractivity contribution is 5.76. The number of carbonyl (C=O) groups is 2. The molecular formula is C73H143NO5. The van der Waals surface area contributed by atoms with Crippen LogP contribution in [0.1, 0.15) is 418 Å². The van der Waals surface area contributed by atoms with Crippen LogP contribution >= 0.6 is 0 Å². The minimum Gasteiger partial charge on any atom is -0.466 e. The van der Waals surface area contributed by atoms with Crippen molar-refractivity contribution in [2.45, 2.75) is 431 Å². The van der Waals surface area contributed by atoms with Gasteiger partial charge in [0.05, 0.1) is 25.4 Å². The number of rotatable bonds is 69. The lowest BCUT2D eigenvalue weighted by molar-refractivity contribution is -0.143. The first-order valence-electron chi connectivity index (χ1n) is 36.5. The van der Waals surface area contributed by atoms with Gasteiger partial charge in [0, 0.05) is 12.8 Å². The molecule has 0 aromatic rings. The maximum Gasteiger partial charge on any atom is 0.305 e. The number of nitrogens with one attached hydrogen (secondary N) is 1. The topological polar surface area (TPSA) is 95.9 Å². The van der Waals surface area contributed by atoms with Gasteiger partial charge in [-0.15, -0.1) is 0 Å². The van der Waals surface area contributed by atoms with E-state index >= 15 is 0 Å². The van der Waals surface area contributed by atoms with E-state index in [0.717, 1.165) is 38.5 Å². The van der Waals surface area contributed by atoms with Crippen LogP contribution in [0.15, 0.2) is 12.2 Å². The monoisotopic (exact) mass is 1110 g/mol. The van der Waals surface area contributed by atoms with E-state index in [4.69, 9.17) is 4.74 Å². The van der Waals surface area contributed by atoms with E-state index in [-0.39, 0.29) is 18.5 Å². The Morgan fingerprint density at radius 2 is 0.582 bits per heavy atom.